The molecule has 5 nitrogen and oxygen atoms in total. The number of carboxylic acids is 1. The van der Waals surface area contributed by atoms with Gasteiger partial charge in [-0.3, -0.25) is 4.79 Å². The number of carbonyl (C=O) groups is 1. The molecule has 1 aromatic heterocycles. The average molecular weight is 385 g/mol. The molecule has 0 aliphatic rings. The van der Waals surface area contributed by atoms with Gasteiger partial charge in [-0.15, -0.1) is 11.8 Å². The van der Waals surface area contributed by atoms with Gasteiger partial charge in [-0.05, 0) is 26.0 Å². The van der Waals surface area contributed by atoms with Gasteiger partial charge < -0.3 is 15.7 Å². The Morgan fingerprint density at radius 1 is 1.38 bits per heavy atom. The molecule has 2 aromatic rings. The van der Waals surface area contributed by atoms with Gasteiger partial charge in [0.2, 0.25) is 5.89 Å². The molecule has 0 atom stereocenters. The van der Waals surface area contributed by atoms with Crippen LogP contribution in [0.1, 0.15) is 19.8 Å². The first-order valence-electron chi connectivity index (χ1n) is 8.11. The summed E-state index contributed by atoms with van der Waals surface area (Å²) in [5, 5.41) is 8.58. The van der Waals surface area contributed by atoms with Gasteiger partial charge >= 0.3 is 35.5 Å². The van der Waals surface area contributed by atoms with E-state index < -0.39 is 5.97 Å². The molecule has 0 saturated heterocycles. The number of aromatic nitrogens is 1. The number of rotatable bonds is 10. The second-order valence-electron chi connectivity index (χ2n) is 5.65. The fourth-order valence-corrected chi connectivity index (χ4v) is 2.87. The third-order valence-electron chi connectivity index (χ3n) is 3.50. The molecule has 2 rings (SSSR count). The number of hydrogen-bond donors (Lipinski definition) is 1. The van der Waals surface area contributed by atoms with Crippen molar-refractivity contribution in [2.24, 2.45) is 0 Å². The fourth-order valence-electron chi connectivity index (χ4n) is 2.17. The van der Waals surface area contributed by atoms with E-state index >= 15 is 0 Å². The second-order valence-corrected chi connectivity index (χ2v) is 6.68. The number of aliphatic carboxylic acids is 1. The first kappa shape index (κ1) is 23.0. The smallest absolute Gasteiger partial charge is 1.00 e. The Kier molecular flexibility index (Phi) is 10.9. The van der Waals surface area contributed by atoms with E-state index in [1.807, 2.05) is 50.3 Å². The summed E-state index contributed by atoms with van der Waals surface area (Å²) in [5.74, 6) is 1.48. The zero-order valence-electron chi connectivity index (χ0n) is 16.5. The molecule has 0 bridgehead atoms. The van der Waals surface area contributed by atoms with E-state index in [2.05, 4.69) is 4.98 Å². The topological polar surface area (TPSA) is 72.6 Å². The Bertz CT molecular complexity index is 722. The van der Waals surface area contributed by atoms with E-state index in [9.17, 15) is 4.79 Å². The monoisotopic (exact) mass is 385 g/mol. The molecule has 0 unspecified atom stereocenters. The number of hydrogen-bond acceptors (Lipinski definition) is 5. The molecule has 0 aliphatic heterocycles. The largest absolute Gasteiger partial charge is 1.00 e. The number of aryl methyl sites for hydroxylation is 1. The minimum Gasteiger partial charge on any atom is -1.00 e. The molecule has 136 valence electrons. The van der Waals surface area contributed by atoms with Crippen molar-refractivity contribution in [1.29, 1.82) is 0 Å². The molecule has 0 aliphatic carbocycles. The van der Waals surface area contributed by atoms with Crippen molar-refractivity contribution in [3.63, 3.8) is 0 Å². The maximum absolute atomic E-state index is 10.4. The molecular formula is C19H24NNaO4S. The van der Waals surface area contributed by atoms with Crippen molar-refractivity contribution >= 4 is 17.7 Å². The summed E-state index contributed by atoms with van der Waals surface area (Å²) in [6, 6.07) is 9.83. The van der Waals surface area contributed by atoms with E-state index in [4.69, 9.17) is 14.3 Å². The van der Waals surface area contributed by atoms with E-state index in [1.54, 1.807) is 0 Å². The van der Waals surface area contributed by atoms with Crippen LogP contribution in [0.15, 0.2) is 46.4 Å². The van der Waals surface area contributed by atoms with Crippen molar-refractivity contribution in [2.75, 3.05) is 24.7 Å². The van der Waals surface area contributed by atoms with Crippen LogP contribution < -0.4 is 29.6 Å². The van der Waals surface area contributed by atoms with Gasteiger partial charge in [-0.2, -0.15) is 0 Å². The Balaban J connectivity index is 0.00000338. The standard InChI is InChI=1S/C19H23NO4S.Na.H/c1-14(9-11-25-13-18(21)22)12-23-10-8-17-15(2)24-19(20-17)16-6-4-3-5-7-16;;/h3-7,9H,8,10-13H2,1-2H3,(H,21,22);;/q;+1;-1. The predicted octanol–water partition coefficient (Wildman–Crippen LogP) is 1.09. The van der Waals surface area contributed by atoms with Gasteiger partial charge in [-0.25, -0.2) is 4.98 Å². The molecule has 0 saturated carbocycles. The van der Waals surface area contributed by atoms with Gasteiger partial charge in [0, 0.05) is 17.7 Å². The molecule has 1 aromatic carbocycles. The summed E-state index contributed by atoms with van der Waals surface area (Å²) in [5.41, 5.74) is 2.98. The van der Waals surface area contributed by atoms with Gasteiger partial charge in [0.1, 0.15) is 5.76 Å². The number of benzene rings is 1. The first-order chi connectivity index (χ1) is 12.1. The molecule has 1 heterocycles. The Hall–Kier alpha value is -1.05. The zero-order valence-corrected chi connectivity index (χ0v) is 18.3. The normalized spacial score (nSPS) is 11.2. The Morgan fingerprint density at radius 2 is 2.12 bits per heavy atom. The summed E-state index contributed by atoms with van der Waals surface area (Å²) in [7, 11) is 0. The van der Waals surface area contributed by atoms with E-state index in [0.29, 0.717) is 31.3 Å². The third kappa shape index (κ3) is 8.10. The fraction of sp³-hybridized carbons (Fsp3) is 0.368. The summed E-state index contributed by atoms with van der Waals surface area (Å²) in [6.45, 7) is 5.00. The number of nitrogens with zero attached hydrogens (tertiary/aromatic N) is 1. The second kappa shape index (κ2) is 12.4. The Labute approximate surface area is 182 Å². The van der Waals surface area contributed by atoms with Crippen LogP contribution in [0.5, 0.6) is 0 Å². The maximum atomic E-state index is 10.4. The van der Waals surface area contributed by atoms with Crippen LogP contribution in [0, 0.1) is 6.92 Å². The molecule has 0 radical (unpaired) electrons. The molecule has 1 N–H and O–H groups in total. The van der Waals surface area contributed by atoms with Crippen LogP contribution in [-0.2, 0) is 16.0 Å². The van der Waals surface area contributed by atoms with E-state index in [-0.39, 0.29) is 36.7 Å². The van der Waals surface area contributed by atoms with Crippen LogP contribution in [0.3, 0.4) is 0 Å². The van der Waals surface area contributed by atoms with Crippen LogP contribution in [0.25, 0.3) is 11.5 Å². The maximum Gasteiger partial charge on any atom is 1.00 e. The van der Waals surface area contributed by atoms with Crippen molar-refractivity contribution in [3.8, 4) is 11.5 Å². The number of thioether (sulfide) groups is 1. The van der Waals surface area contributed by atoms with Crippen molar-refractivity contribution in [3.05, 3.63) is 53.4 Å². The molecule has 26 heavy (non-hydrogen) atoms. The average Bonchev–Trinajstić information content (AvgIpc) is 2.97. The van der Waals surface area contributed by atoms with Crippen LogP contribution in [0.4, 0.5) is 0 Å². The van der Waals surface area contributed by atoms with Crippen molar-refractivity contribution < 1.29 is 50.0 Å². The minimum atomic E-state index is -0.787. The molecule has 0 fully saturated rings. The van der Waals surface area contributed by atoms with E-state index in [1.165, 1.54) is 11.8 Å². The van der Waals surface area contributed by atoms with Gasteiger partial charge in [0.05, 0.1) is 24.7 Å². The summed E-state index contributed by atoms with van der Waals surface area (Å²) in [4.78, 5) is 15.0. The summed E-state index contributed by atoms with van der Waals surface area (Å²) in [6.07, 6.45) is 2.70. The van der Waals surface area contributed by atoms with E-state index in [0.717, 1.165) is 22.6 Å². The van der Waals surface area contributed by atoms with Gasteiger partial charge in [0.15, 0.2) is 0 Å². The molecule has 0 amide bonds. The predicted molar refractivity (Wildman–Crippen MR) is 101 cm³/mol. The molecular weight excluding hydrogens is 361 g/mol. The molecule has 7 heteroatoms. The van der Waals surface area contributed by atoms with Crippen LogP contribution >= 0.6 is 11.8 Å². The summed E-state index contributed by atoms with van der Waals surface area (Å²) < 4.78 is 11.4. The van der Waals surface area contributed by atoms with Crippen LogP contribution in [0.2, 0.25) is 0 Å². The number of carboxylic acid groups (broad SMARTS) is 1. The summed E-state index contributed by atoms with van der Waals surface area (Å²) >= 11 is 1.37. The molecule has 0 spiro atoms. The number of oxazole rings is 1. The number of ether oxygens (including phenoxy) is 1. The third-order valence-corrected chi connectivity index (χ3v) is 4.35. The first-order valence-corrected chi connectivity index (χ1v) is 9.26. The zero-order chi connectivity index (χ0) is 18.1. The Morgan fingerprint density at radius 3 is 2.81 bits per heavy atom. The van der Waals surface area contributed by atoms with Crippen molar-refractivity contribution in [2.45, 2.75) is 20.3 Å². The van der Waals surface area contributed by atoms with Gasteiger partial charge in [0.25, 0.3) is 0 Å². The van der Waals surface area contributed by atoms with Crippen molar-refractivity contribution in [1.82, 2.24) is 4.98 Å². The van der Waals surface area contributed by atoms with Gasteiger partial charge in [-0.1, -0.05) is 29.8 Å². The quantitative estimate of drug-likeness (QED) is 0.375. The SMILES string of the molecule is CC(=CCSCC(=O)O)COCCc1nc(-c2ccccc2)oc1C.[H-].[Na+]. The minimum absolute atomic E-state index is 0. The van der Waals surface area contributed by atoms with Crippen LogP contribution in [-0.4, -0.2) is 40.8 Å².